The number of amides is 1. The molecule has 0 spiro atoms. The van der Waals surface area contributed by atoms with Gasteiger partial charge in [-0.3, -0.25) is 4.90 Å². The summed E-state index contributed by atoms with van der Waals surface area (Å²) in [6.45, 7) is 10.7. The zero-order valence-corrected chi connectivity index (χ0v) is 22.6. The molecule has 1 amide bonds. The lowest BCUT2D eigenvalue weighted by Crippen LogP contribution is -2.51. The van der Waals surface area contributed by atoms with Crippen LogP contribution >= 0.6 is 27.5 Å². The van der Waals surface area contributed by atoms with Crippen LogP contribution in [0, 0.1) is 5.82 Å². The van der Waals surface area contributed by atoms with Crippen LogP contribution in [-0.4, -0.2) is 26.9 Å². The molecule has 178 valence electrons. The highest BCUT2D eigenvalue weighted by atomic mass is 79.9. The second-order valence-electron chi connectivity index (χ2n) is 9.86. The minimum atomic E-state index is -1.58. The molecule has 0 N–H and O–H groups in total. The van der Waals surface area contributed by atoms with E-state index >= 15 is 0 Å². The van der Waals surface area contributed by atoms with Gasteiger partial charge in [0.15, 0.2) is 0 Å². The van der Waals surface area contributed by atoms with E-state index in [1.165, 1.54) is 17.2 Å². The lowest BCUT2D eigenvalue weighted by Gasteiger charge is -2.37. The number of anilines is 1. The van der Waals surface area contributed by atoms with Crippen LogP contribution < -0.4 is 4.90 Å². The van der Waals surface area contributed by atoms with E-state index in [4.69, 9.17) is 16.3 Å². The summed E-state index contributed by atoms with van der Waals surface area (Å²) < 4.78 is 37.4. The Labute approximate surface area is 210 Å². The Morgan fingerprint density at radius 1 is 1.24 bits per heavy atom. The van der Waals surface area contributed by atoms with Crippen LogP contribution in [-0.2, 0) is 27.7 Å². The fourth-order valence-corrected chi connectivity index (χ4v) is 4.84. The number of halogens is 3. The summed E-state index contributed by atoms with van der Waals surface area (Å²) in [5, 5.41) is -0.0723. The fourth-order valence-electron chi connectivity index (χ4n) is 3.55. The van der Waals surface area contributed by atoms with Crippen molar-refractivity contribution in [3.05, 3.63) is 62.8 Å². The Morgan fingerprint density at radius 3 is 2.39 bits per heavy atom. The quantitative estimate of drug-likeness (QED) is 0.302. The van der Waals surface area contributed by atoms with Crippen molar-refractivity contribution in [2.75, 3.05) is 4.90 Å². The molecule has 1 aliphatic rings. The average Bonchev–Trinajstić information content (AvgIpc) is 3.04. The van der Waals surface area contributed by atoms with Gasteiger partial charge in [-0.05, 0) is 74.7 Å². The third-order valence-corrected chi connectivity index (χ3v) is 7.88. The van der Waals surface area contributed by atoms with Gasteiger partial charge < -0.3 is 4.74 Å². The van der Waals surface area contributed by atoms with E-state index in [1.54, 1.807) is 20.8 Å². The number of rotatable bonds is 3. The van der Waals surface area contributed by atoms with Gasteiger partial charge in [0.25, 0.3) is 0 Å². The molecule has 0 radical (unpaired) electrons. The van der Waals surface area contributed by atoms with Gasteiger partial charge in [0.1, 0.15) is 27.9 Å². The highest BCUT2D eigenvalue weighted by Crippen LogP contribution is 2.50. The highest BCUT2D eigenvalue weighted by Gasteiger charge is 2.50. The summed E-state index contributed by atoms with van der Waals surface area (Å²) in [7, 11) is -1.58. The first-order valence-corrected chi connectivity index (χ1v) is 12.7. The minimum Gasteiger partial charge on any atom is -0.443 e. The first-order chi connectivity index (χ1) is 15.2. The van der Waals surface area contributed by atoms with Crippen LogP contribution in [0.3, 0.4) is 0 Å². The number of nitrogens with zero attached hydrogens (tertiary/aromatic N) is 2. The zero-order valence-electron chi connectivity index (χ0n) is 19.4. The molecule has 9 heteroatoms. The Morgan fingerprint density at radius 2 is 1.85 bits per heavy atom. The molecule has 0 aliphatic carbocycles. The second-order valence-corrected chi connectivity index (χ2v) is 13.0. The summed E-state index contributed by atoms with van der Waals surface area (Å²) >= 11 is 9.58. The molecule has 2 aromatic carbocycles. The van der Waals surface area contributed by atoms with Crippen LogP contribution in [0.25, 0.3) is 0 Å². The number of benzene rings is 2. The topological polar surface area (TPSA) is 59.0 Å². The van der Waals surface area contributed by atoms with E-state index < -0.39 is 38.8 Å². The Balaban J connectivity index is 2.31. The summed E-state index contributed by atoms with van der Waals surface area (Å²) in [5.74, 6) is -0.671. The smallest absolute Gasteiger partial charge is 0.415 e. The molecule has 0 unspecified atom stereocenters. The van der Waals surface area contributed by atoms with Gasteiger partial charge in [0.05, 0.1) is 15.5 Å². The number of hydrogen-bond acceptors (Lipinski definition) is 3. The third-order valence-electron chi connectivity index (χ3n) is 5.06. The van der Waals surface area contributed by atoms with Crippen molar-refractivity contribution in [3.63, 3.8) is 0 Å². The molecule has 3 rings (SSSR count). The number of hydrogen-bond donors (Lipinski definition) is 0. The van der Waals surface area contributed by atoms with Gasteiger partial charge in [-0.25, -0.2) is 13.4 Å². The van der Waals surface area contributed by atoms with Crippen molar-refractivity contribution in [1.29, 1.82) is 0 Å². The average molecular weight is 558 g/mol. The van der Waals surface area contributed by atoms with Crippen LogP contribution in [0.4, 0.5) is 14.9 Å². The van der Waals surface area contributed by atoms with E-state index in [2.05, 4.69) is 20.3 Å². The summed E-state index contributed by atoms with van der Waals surface area (Å²) in [6, 6.07) is 10.5. The molecule has 0 fully saturated rings. The van der Waals surface area contributed by atoms with Crippen LogP contribution in [0.1, 0.15) is 52.7 Å². The monoisotopic (exact) mass is 556 g/mol. The summed E-state index contributed by atoms with van der Waals surface area (Å²) in [6.07, 6.45) is 1.08. The number of carbonyl (C=O) groups is 1. The molecule has 2 aromatic rings. The van der Waals surface area contributed by atoms with Crippen LogP contribution in [0.5, 0.6) is 0 Å². The lowest BCUT2D eigenvalue weighted by molar-refractivity contribution is 0.0559. The van der Waals surface area contributed by atoms with E-state index in [0.717, 1.165) is 0 Å². The second kappa shape index (κ2) is 9.12. The molecule has 0 saturated carbocycles. The van der Waals surface area contributed by atoms with E-state index in [9.17, 15) is 13.4 Å². The zero-order chi connectivity index (χ0) is 24.8. The maximum absolute atomic E-state index is 14.7. The predicted octanol–water partition coefficient (Wildman–Crippen LogP) is 6.97. The molecule has 1 aliphatic heterocycles. The maximum atomic E-state index is 14.7. The van der Waals surface area contributed by atoms with Crippen molar-refractivity contribution in [2.45, 2.75) is 63.9 Å². The van der Waals surface area contributed by atoms with Crippen molar-refractivity contribution >= 4 is 56.5 Å². The van der Waals surface area contributed by atoms with Crippen LogP contribution in [0.2, 0.25) is 5.02 Å². The Kier molecular flexibility index (Phi) is 7.14. The number of ether oxygens (including phenoxy) is 1. The fraction of sp³-hybridized carbons (Fsp3) is 0.417. The van der Waals surface area contributed by atoms with Crippen molar-refractivity contribution in [3.8, 4) is 0 Å². The van der Waals surface area contributed by atoms with E-state index in [0.29, 0.717) is 21.3 Å². The van der Waals surface area contributed by atoms with E-state index in [1.807, 2.05) is 51.1 Å². The van der Waals surface area contributed by atoms with Crippen LogP contribution in [0.15, 0.2) is 45.3 Å². The summed E-state index contributed by atoms with van der Waals surface area (Å²) in [5.41, 5.74) is -0.341. The van der Waals surface area contributed by atoms with Crippen molar-refractivity contribution < 1.29 is 18.1 Å². The first kappa shape index (κ1) is 25.8. The van der Waals surface area contributed by atoms with Gasteiger partial charge in [0.2, 0.25) is 0 Å². The first-order valence-electron chi connectivity index (χ1n) is 10.4. The standard InChI is InChI=1S/C24H27BrClFN2O3S/c1-22(2,3)32-21(30)29-18-12-17(27)20(26)19(25)16(18)13-24(29,15-10-8-7-9-11-15)14-28-33(31)23(4,5)6/h7-12,14H,13H2,1-6H3/b28-14+/t24-,33-/m1/s1. The maximum Gasteiger partial charge on any atom is 0.415 e. The Hall–Kier alpha value is -1.77. The molecular formula is C24H27BrClFN2O3S. The predicted molar refractivity (Wildman–Crippen MR) is 136 cm³/mol. The largest absolute Gasteiger partial charge is 0.443 e. The van der Waals surface area contributed by atoms with Gasteiger partial charge in [-0.15, -0.1) is 0 Å². The normalized spacial score (nSPS) is 19.6. The molecule has 0 aromatic heterocycles. The van der Waals surface area contributed by atoms with Gasteiger partial charge in [0, 0.05) is 17.1 Å². The minimum absolute atomic E-state index is 0.0723. The van der Waals surface area contributed by atoms with E-state index in [-0.39, 0.29) is 11.4 Å². The lowest BCUT2D eigenvalue weighted by atomic mass is 9.87. The molecule has 1 heterocycles. The molecule has 5 nitrogen and oxygen atoms in total. The van der Waals surface area contributed by atoms with Gasteiger partial charge in [-0.1, -0.05) is 41.9 Å². The number of carbonyl (C=O) groups excluding carboxylic acids is 1. The van der Waals surface area contributed by atoms with Crippen molar-refractivity contribution in [2.24, 2.45) is 4.40 Å². The Bertz CT molecular complexity index is 1130. The number of fused-ring (bicyclic) bond motifs is 1. The van der Waals surface area contributed by atoms with Crippen molar-refractivity contribution in [1.82, 2.24) is 0 Å². The molecule has 0 saturated heterocycles. The third kappa shape index (κ3) is 5.17. The highest BCUT2D eigenvalue weighted by molar-refractivity contribution is 9.10. The molecular weight excluding hydrogens is 531 g/mol. The molecule has 0 bridgehead atoms. The van der Waals surface area contributed by atoms with Gasteiger partial charge in [-0.2, -0.15) is 4.40 Å². The summed E-state index contributed by atoms with van der Waals surface area (Å²) in [4.78, 5) is 14.9. The molecule has 33 heavy (non-hydrogen) atoms. The molecule has 2 atom stereocenters. The SMILES string of the molecule is CC(C)(C)OC(=O)N1c2cc(F)c(Cl)c(Br)c2C[C@@]1(/C=N/[S@](=O)C(C)(C)C)c1ccccc1. The van der Waals surface area contributed by atoms with Gasteiger partial charge >= 0.3 is 6.09 Å².